The molecule has 0 spiro atoms. The standard InChI is InChI=1S/C10H21NO3S/c1-9(15)10(12)8-14-7-6-13-5-3-4-11-2/h9,11,15H,3-8H2,1-2H3. The summed E-state index contributed by atoms with van der Waals surface area (Å²) >= 11 is 4.01. The first-order chi connectivity index (χ1) is 7.18. The zero-order valence-corrected chi connectivity index (χ0v) is 10.4. The minimum absolute atomic E-state index is 0.00789. The molecule has 0 aromatic rings. The largest absolute Gasteiger partial charge is 0.379 e. The highest BCUT2D eigenvalue weighted by Crippen LogP contribution is 1.94. The molecular formula is C10H21NO3S. The molecule has 0 saturated heterocycles. The van der Waals surface area contributed by atoms with Crippen LogP contribution in [0.15, 0.2) is 0 Å². The number of ether oxygens (including phenoxy) is 2. The molecule has 90 valence electrons. The Morgan fingerprint density at radius 3 is 2.60 bits per heavy atom. The number of hydrogen-bond acceptors (Lipinski definition) is 5. The average molecular weight is 235 g/mol. The molecular weight excluding hydrogens is 214 g/mol. The molecule has 0 amide bonds. The summed E-state index contributed by atoms with van der Waals surface area (Å²) in [6, 6.07) is 0. The lowest BCUT2D eigenvalue weighted by atomic mass is 10.3. The van der Waals surface area contributed by atoms with Gasteiger partial charge in [0, 0.05) is 6.61 Å². The Balaban J connectivity index is 3.08. The van der Waals surface area contributed by atoms with Crippen LogP contribution in [0.5, 0.6) is 0 Å². The topological polar surface area (TPSA) is 47.6 Å². The number of carbonyl (C=O) groups is 1. The molecule has 0 heterocycles. The van der Waals surface area contributed by atoms with E-state index in [1.807, 2.05) is 7.05 Å². The van der Waals surface area contributed by atoms with Gasteiger partial charge in [-0.05, 0) is 26.9 Å². The summed E-state index contributed by atoms with van der Waals surface area (Å²) < 4.78 is 10.4. The second-order valence-corrected chi connectivity index (χ2v) is 4.04. The van der Waals surface area contributed by atoms with Gasteiger partial charge in [-0.1, -0.05) is 0 Å². The van der Waals surface area contributed by atoms with Gasteiger partial charge in [-0.3, -0.25) is 4.79 Å². The Bertz CT molecular complexity index is 165. The lowest BCUT2D eigenvalue weighted by molar-refractivity contribution is -0.123. The highest BCUT2D eigenvalue weighted by atomic mass is 32.1. The molecule has 0 aliphatic heterocycles. The molecule has 15 heavy (non-hydrogen) atoms. The first-order valence-corrected chi connectivity index (χ1v) is 5.71. The zero-order chi connectivity index (χ0) is 11.5. The van der Waals surface area contributed by atoms with E-state index in [2.05, 4.69) is 17.9 Å². The number of thiol groups is 1. The van der Waals surface area contributed by atoms with Crippen LogP contribution in [0.4, 0.5) is 0 Å². The third-order valence-electron chi connectivity index (χ3n) is 1.80. The van der Waals surface area contributed by atoms with Crippen LogP contribution >= 0.6 is 12.6 Å². The minimum atomic E-state index is -0.249. The average Bonchev–Trinajstić information content (AvgIpc) is 2.21. The van der Waals surface area contributed by atoms with Crippen molar-refractivity contribution in [1.82, 2.24) is 5.32 Å². The fraction of sp³-hybridized carbons (Fsp3) is 0.900. The van der Waals surface area contributed by atoms with Crippen molar-refractivity contribution in [2.45, 2.75) is 18.6 Å². The van der Waals surface area contributed by atoms with Crippen molar-refractivity contribution in [3.8, 4) is 0 Å². The fourth-order valence-corrected chi connectivity index (χ4v) is 0.939. The lowest BCUT2D eigenvalue weighted by Gasteiger charge is -2.06. The maximum absolute atomic E-state index is 11.1. The van der Waals surface area contributed by atoms with Crippen molar-refractivity contribution < 1.29 is 14.3 Å². The van der Waals surface area contributed by atoms with E-state index in [1.54, 1.807) is 6.92 Å². The Morgan fingerprint density at radius 2 is 2.00 bits per heavy atom. The van der Waals surface area contributed by atoms with Crippen LogP contribution in [-0.4, -0.2) is 51.1 Å². The molecule has 0 aromatic heterocycles. The van der Waals surface area contributed by atoms with Gasteiger partial charge in [-0.25, -0.2) is 0 Å². The van der Waals surface area contributed by atoms with Crippen molar-refractivity contribution in [2.75, 3.05) is 40.0 Å². The van der Waals surface area contributed by atoms with Crippen molar-refractivity contribution in [1.29, 1.82) is 0 Å². The molecule has 1 unspecified atom stereocenters. The Kier molecular flexibility index (Phi) is 10.3. The summed E-state index contributed by atoms with van der Waals surface area (Å²) in [4.78, 5) is 11.1. The van der Waals surface area contributed by atoms with Crippen LogP contribution in [0, 0.1) is 0 Å². The van der Waals surface area contributed by atoms with Gasteiger partial charge in [0.05, 0.1) is 18.5 Å². The normalized spacial score (nSPS) is 12.7. The summed E-state index contributed by atoms with van der Waals surface area (Å²) in [5.74, 6) is 0.00789. The summed E-state index contributed by atoms with van der Waals surface area (Å²) in [7, 11) is 1.91. The quantitative estimate of drug-likeness (QED) is 0.428. The van der Waals surface area contributed by atoms with Crippen molar-refractivity contribution in [2.24, 2.45) is 0 Å². The number of Topliss-reactive ketones (excluding diaryl/α,β-unsaturated/α-hetero) is 1. The predicted molar refractivity (Wildman–Crippen MR) is 63.6 cm³/mol. The highest BCUT2D eigenvalue weighted by molar-refractivity contribution is 7.81. The van der Waals surface area contributed by atoms with Gasteiger partial charge in [-0.15, -0.1) is 0 Å². The van der Waals surface area contributed by atoms with E-state index in [0.29, 0.717) is 13.2 Å². The second-order valence-electron chi connectivity index (χ2n) is 3.26. The Hall–Kier alpha value is -0.100. The van der Waals surface area contributed by atoms with Gasteiger partial charge < -0.3 is 14.8 Å². The van der Waals surface area contributed by atoms with E-state index >= 15 is 0 Å². The molecule has 0 aliphatic carbocycles. The van der Waals surface area contributed by atoms with Crippen molar-refractivity contribution >= 4 is 18.4 Å². The first kappa shape index (κ1) is 14.9. The second kappa shape index (κ2) is 10.4. The number of rotatable bonds is 10. The fourth-order valence-electron chi connectivity index (χ4n) is 0.864. The smallest absolute Gasteiger partial charge is 0.170 e. The summed E-state index contributed by atoms with van der Waals surface area (Å²) in [5, 5.41) is 2.78. The SMILES string of the molecule is CNCCCOCCOCC(=O)C(C)S. The molecule has 0 radical (unpaired) electrons. The molecule has 4 nitrogen and oxygen atoms in total. The van der Waals surface area contributed by atoms with Crippen LogP contribution in [0.2, 0.25) is 0 Å². The first-order valence-electron chi connectivity index (χ1n) is 5.19. The maximum Gasteiger partial charge on any atom is 0.170 e. The van der Waals surface area contributed by atoms with Crippen molar-refractivity contribution in [3.63, 3.8) is 0 Å². The molecule has 1 atom stereocenters. The number of nitrogens with one attached hydrogen (secondary N) is 1. The van der Waals surface area contributed by atoms with E-state index in [9.17, 15) is 4.79 Å². The van der Waals surface area contributed by atoms with Gasteiger partial charge >= 0.3 is 0 Å². The van der Waals surface area contributed by atoms with Gasteiger partial charge in [0.25, 0.3) is 0 Å². The number of ketones is 1. The van der Waals surface area contributed by atoms with Gasteiger partial charge in [0.15, 0.2) is 5.78 Å². The molecule has 0 saturated carbocycles. The van der Waals surface area contributed by atoms with Crippen LogP contribution in [0.3, 0.4) is 0 Å². The number of carbonyl (C=O) groups excluding carboxylic acids is 1. The summed E-state index contributed by atoms with van der Waals surface area (Å²) in [6.45, 7) is 4.55. The molecule has 0 aromatic carbocycles. The van der Waals surface area contributed by atoms with Crippen LogP contribution in [-0.2, 0) is 14.3 Å². The van der Waals surface area contributed by atoms with Gasteiger partial charge in [-0.2, -0.15) is 12.6 Å². The summed E-state index contributed by atoms with van der Waals surface area (Å²) in [5.41, 5.74) is 0. The molecule has 0 aliphatic rings. The maximum atomic E-state index is 11.1. The monoisotopic (exact) mass is 235 g/mol. The van der Waals surface area contributed by atoms with E-state index < -0.39 is 0 Å². The van der Waals surface area contributed by atoms with Gasteiger partial charge in [0.2, 0.25) is 0 Å². The Morgan fingerprint density at radius 1 is 1.33 bits per heavy atom. The van der Waals surface area contributed by atoms with E-state index in [4.69, 9.17) is 9.47 Å². The van der Waals surface area contributed by atoms with E-state index in [0.717, 1.165) is 19.6 Å². The third-order valence-corrected chi connectivity index (χ3v) is 2.09. The van der Waals surface area contributed by atoms with Crippen LogP contribution in [0.1, 0.15) is 13.3 Å². The highest BCUT2D eigenvalue weighted by Gasteiger charge is 2.06. The van der Waals surface area contributed by atoms with Gasteiger partial charge in [0.1, 0.15) is 6.61 Å². The van der Waals surface area contributed by atoms with Crippen molar-refractivity contribution in [3.05, 3.63) is 0 Å². The molecule has 0 bridgehead atoms. The predicted octanol–water partition coefficient (Wildman–Crippen LogP) is 0.516. The van der Waals surface area contributed by atoms with Crippen LogP contribution < -0.4 is 5.32 Å². The molecule has 1 N–H and O–H groups in total. The lowest BCUT2D eigenvalue weighted by Crippen LogP contribution is -2.19. The molecule has 5 heteroatoms. The minimum Gasteiger partial charge on any atom is -0.379 e. The summed E-state index contributed by atoms with van der Waals surface area (Å²) in [6.07, 6.45) is 0.989. The van der Waals surface area contributed by atoms with Crippen LogP contribution in [0.25, 0.3) is 0 Å². The molecule has 0 fully saturated rings. The van der Waals surface area contributed by atoms with E-state index in [1.165, 1.54) is 0 Å². The van der Waals surface area contributed by atoms with E-state index in [-0.39, 0.29) is 17.6 Å². The zero-order valence-electron chi connectivity index (χ0n) is 9.49. The molecule has 0 rings (SSSR count). The third kappa shape index (κ3) is 10.2. The Labute approximate surface area is 97.1 Å². The number of hydrogen-bond donors (Lipinski definition) is 2.